The molecule has 8 heteroatoms. The number of ether oxygens (including phenoxy) is 2. The van der Waals surface area contributed by atoms with E-state index in [2.05, 4.69) is 41.5 Å². The Morgan fingerprint density at radius 2 is 1.83 bits per heavy atom. The molecular formula is C22H22N4O3S. The maximum absolute atomic E-state index is 12.5. The van der Waals surface area contributed by atoms with E-state index < -0.39 is 0 Å². The lowest BCUT2D eigenvalue weighted by Crippen LogP contribution is -2.14. The van der Waals surface area contributed by atoms with Gasteiger partial charge in [0.1, 0.15) is 0 Å². The van der Waals surface area contributed by atoms with E-state index in [1.54, 1.807) is 32.4 Å². The third kappa shape index (κ3) is 3.66. The van der Waals surface area contributed by atoms with Crippen LogP contribution in [0, 0.1) is 13.8 Å². The summed E-state index contributed by atoms with van der Waals surface area (Å²) in [5, 5.41) is 13.3. The number of rotatable bonds is 6. The molecule has 2 heterocycles. The minimum absolute atomic E-state index is 0.142. The second-order valence-corrected chi connectivity index (χ2v) is 7.82. The molecule has 4 rings (SSSR count). The summed E-state index contributed by atoms with van der Waals surface area (Å²) in [6.45, 7) is 4.14. The lowest BCUT2D eigenvalue weighted by atomic mass is 10.1. The van der Waals surface area contributed by atoms with Crippen molar-refractivity contribution < 1.29 is 14.3 Å². The van der Waals surface area contributed by atoms with Gasteiger partial charge in [-0.05, 0) is 43.2 Å². The number of nitrogens with one attached hydrogen (secondary N) is 1. The lowest BCUT2D eigenvalue weighted by molar-refractivity contribution is -0.113. The van der Waals surface area contributed by atoms with Gasteiger partial charge >= 0.3 is 0 Å². The fraction of sp³-hybridized carbons (Fsp3) is 0.227. The number of nitrogens with zero attached hydrogens (tertiary/aromatic N) is 3. The average molecular weight is 423 g/mol. The van der Waals surface area contributed by atoms with E-state index >= 15 is 0 Å². The van der Waals surface area contributed by atoms with Crippen molar-refractivity contribution in [2.45, 2.75) is 19.0 Å². The van der Waals surface area contributed by atoms with Crippen molar-refractivity contribution >= 4 is 39.9 Å². The topological polar surface area (TPSA) is 77.8 Å². The molecule has 30 heavy (non-hydrogen) atoms. The van der Waals surface area contributed by atoms with Crippen molar-refractivity contribution in [3.63, 3.8) is 0 Å². The Hall–Kier alpha value is -3.26. The SMILES string of the molecule is COc1ccc(NC(=O)CSc2nnc3cc(C)c4cccc(C)c4n23)cc1OC. The van der Waals surface area contributed by atoms with Gasteiger partial charge in [-0.15, -0.1) is 10.2 Å². The molecule has 0 aliphatic carbocycles. The van der Waals surface area contributed by atoms with Crippen molar-refractivity contribution in [2.24, 2.45) is 0 Å². The quantitative estimate of drug-likeness (QED) is 0.468. The second-order valence-electron chi connectivity index (χ2n) is 6.88. The number of pyridine rings is 1. The van der Waals surface area contributed by atoms with Crippen molar-refractivity contribution in [3.8, 4) is 11.5 Å². The van der Waals surface area contributed by atoms with E-state index in [1.165, 1.54) is 11.8 Å². The Balaban J connectivity index is 1.56. The first-order valence-corrected chi connectivity index (χ1v) is 10.4. The van der Waals surface area contributed by atoms with Crippen LogP contribution in [0.1, 0.15) is 11.1 Å². The van der Waals surface area contributed by atoms with Gasteiger partial charge in [0.2, 0.25) is 5.91 Å². The summed E-state index contributed by atoms with van der Waals surface area (Å²) >= 11 is 1.35. The summed E-state index contributed by atoms with van der Waals surface area (Å²) in [5.41, 5.74) is 4.77. The van der Waals surface area contributed by atoms with E-state index in [0.29, 0.717) is 22.3 Å². The number of aromatic nitrogens is 3. The van der Waals surface area contributed by atoms with Gasteiger partial charge in [0.15, 0.2) is 22.3 Å². The molecule has 0 radical (unpaired) electrons. The highest BCUT2D eigenvalue weighted by Gasteiger charge is 2.15. The van der Waals surface area contributed by atoms with Crippen LogP contribution in [0.5, 0.6) is 11.5 Å². The number of fused-ring (bicyclic) bond motifs is 3. The molecular weight excluding hydrogens is 400 g/mol. The van der Waals surface area contributed by atoms with Crippen LogP contribution in [-0.4, -0.2) is 40.5 Å². The number of hydrogen-bond acceptors (Lipinski definition) is 6. The third-order valence-electron chi connectivity index (χ3n) is 4.89. The van der Waals surface area contributed by atoms with Gasteiger partial charge in [-0.25, -0.2) is 0 Å². The maximum atomic E-state index is 12.5. The summed E-state index contributed by atoms with van der Waals surface area (Å²) in [4.78, 5) is 12.5. The molecule has 0 spiro atoms. The number of thioether (sulfide) groups is 1. The predicted molar refractivity (Wildman–Crippen MR) is 119 cm³/mol. The number of carbonyl (C=O) groups is 1. The fourth-order valence-electron chi connectivity index (χ4n) is 3.46. The number of benzene rings is 2. The molecule has 0 saturated carbocycles. The van der Waals surface area contributed by atoms with Gasteiger partial charge in [-0.2, -0.15) is 0 Å². The van der Waals surface area contributed by atoms with Crippen molar-refractivity contribution in [2.75, 3.05) is 25.3 Å². The van der Waals surface area contributed by atoms with Gasteiger partial charge in [0.05, 0.1) is 25.5 Å². The first kappa shape index (κ1) is 20.0. The van der Waals surface area contributed by atoms with Crippen LogP contribution in [0.25, 0.3) is 16.6 Å². The van der Waals surface area contributed by atoms with Crippen LogP contribution in [-0.2, 0) is 4.79 Å². The Morgan fingerprint density at radius 1 is 1.03 bits per heavy atom. The molecule has 1 amide bonds. The molecule has 2 aromatic heterocycles. The van der Waals surface area contributed by atoms with Crippen LogP contribution < -0.4 is 14.8 Å². The van der Waals surface area contributed by atoms with Crippen LogP contribution in [0.4, 0.5) is 5.69 Å². The molecule has 0 saturated heterocycles. The standard InChI is InChI=1S/C22H22N4O3S/c1-13-6-5-7-16-14(2)10-19-24-25-22(26(19)21(13)16)30-12-20(27)23-15-8-9-17(28-3)18(11-15)29-4/h5-11H,12H2,1-4H3,(H,23,27). The van der Waals surface area contributed by atoms with Crippen molar-refractivity contribution in [3.05, 3.63) is 53.6 Å². The lowest BCUT2D eigenvalue weighted by Gasteiger charge is -2.11. The third-order valence-corrected chi connectivity index (χ3v) is 5.82. The van der Waals surface area contributed by atoms with Gasteiger partial charge in [-0.3, -0.25) is 9.20 Å². The first-order valence-electron chi connectivity index (χ1n) is 9.40. The zero-order valence-electron chi connectivity index (χ0n) is 17.2. The molecule has 0 unspecified atom stereocenters. The van der Waals surface area contributed by atoms with E-state index in [-0.39, 0.29) is 11.7 Å². The van der Waals surface area contributed by atoms with Gasteiger partial charge in [0, 0.05) is 17.1 Å². The molecule has 0 bridgehead atoms. The molecule has 4 aromatic rings. The predicted octanol–water partition coefficient (Wildman–Crippen LogP) is 4.25. The highest BCUT2D eigenvalue weighted by molar-refractivity contribution is 7.99. The van der Waals surface area contributed by atoms with Gasteiger partial charge < -0.3 is 14.8 Å². The number of aryl methyl sites for hydroxylation is 2. The Kier molecular flexibility index (Phi) is 5.50. The van der Waals surface area contributed by atoms with Gasteiger partial charge in [0.25, 0.3) is 0 Å². The zero-order valence-corrected chi connectivity index (χ0v) is 18.0. The largest absolute Gasteiger partial charge is 0.493 e. The summed E-state index contributed by atoms with van der Waals surface area (Å²) in [7, 11) is 3.13. The second kappa shape index (κ2) is 8.23. The first-order chi connectivity index (χ1) is 14.5. The monoisotopic (exact) mass is 422 g/mol. The maximum Gasteiger partial charge on any atom is 0.234 e. The minimum atomic E-state index is -0.142. The number of hydrogen-bond donors (Lipinski definition) is 1. The van der Waals surface area contributed by atoms with Crippen LogP contribution in [0.15, 0.2) is 47.6 Å². The van der Waals surface area contributed by atoms with Gasteiger partial charge in [-0.1, -0.05) is 30.0 Å². The summed E-state index contributed by atoms with van der Waals surface area (Å²) in [6, 6.07) is 13.5. The molecule has 0 aliphatic heterocycles. The number of carbonyl (C=O) groups excluding carboxylic acids is 1. The van der Waals surface area contributed by atoms with E-state index in [0.717, 1.165) is 27.7 Å². The summed E-state index contributed by atoms with van der Waals surface area (Å²) in [6.07, 6.45) is 0. The molecule has 0 fully saturated rings. The average Bonchev–Trinajstić information content (AvgIpc) is 3.15. The zero-order chi connectivity index (χ0) is 21.3. The van der Waals surface area contributed by atoms with Crippen molar-refractivity contribution in [1.29, 1.82) is 0 Å². The molecule has 0 aliphatic rings. The number of anilines is 1. The van der Waals surface area contributed by atoms with Crippen LogP contribution in [0.3, 0.4) is 0 Å². The van der Waals surface area contributed by atoms with E-state index in [1.807, 2.05) is 16.5 Å². The Bertz CT molecular complexity index is 1250. The summed E-state index contributed by atoms with van der Waals surface area (Å²) in [5.74, 6) is 1.23. The van der Waals surface area contributed by atoms with E-state index in [4.69, 9.17) is 9.47 Å². The molecule has 2 aromatic carbocycles. The fourth-order valence-corrected chi connectivity index (χ4v) is 4.21. The molecule has 7 nitrogen and oxygen atoms in total. The summed E-state index contributed by atoms with van der Waals surface area (Å²) < 4.78 is 12.5. The molecule has 154 valence electrons. The number of para-hydroxylation sites is 1. The van der Waals surface area contributed by atoms with Crippen LogP contribution >= 0.6 is 11.8 Å². The Morgan fingerprint density at radius 3 is 2.60 bits per heavy atom. The Labute approximate surface area is 178 Å². The minimum Gasteiger partial charge on any atom is -0.493 e. The van der Waals surface area contributed by atoms with Crippen molar-refractivity contribution in [1.82, 2.24) is 14.6 Å². The number of amides is 1. The molecule has 0 atom stereocenters. The normalized spacial score (nSPS) is 11.1. The molecule has 1 N–H and O–H groups in total. The smallest absolute Gasteiger partial charge is 0.234 e. The van der Waals surface area contributed by atoms with Crippen LogP contribution in [0.2, 0.25) is 0 Å². The highest BCUT2D eigenvalue weighted by atomic mass is 32.2. The highest BCUT2D eigenvalue weighted by Crippen LogP contribution is 2.30. The number of methoxy groups -OCH3 is 2. The van der Waals surface area contributed by atoms with E-state index in [9.17, 15) is 4.79 Å².